The minimum Gasteiger partial charge on any atom is -0.438 e. The van der Waals surface area contributed by atoms with Gasteiger partial charge in [0.15, 0.2) is 5.78 Å². The van der Waals surface area contributed by atoms with E-state index in [1.165, 1.54) is 30.3 Å². The minimum absolute atomic E-state index is 0.104. The molecule has 24 heavy (non-hydrogen) atoms. The molecule has 0 saturated carbocycles. The number of hydrogen-bond acceptors (Lipinski definition) is 3. The highest BCUT2D eigenvalue weighted by atomic mass is 19.1. The number of halogens is 1. The molecular formula is C20H14FNO2. The zero-order chi connectivity index (χ0) is 16.8. The molecule has 0 radical (unpaired) electrons. The van der Waals surface area contributed by atoms with Crippen LogP contribution in [0.4, 0.5) is 4.39 Å². The largest absolute Gasteiger partial charge is 0.438 e. The van der Waals surface area contributed by atoms with Gasteiger partial charge in [0.1, 0.15) is 11.6 Å². The summed E-state index contributed by atoms with van der Waals surface area (Å²) in [6.45, 7) is 0. The highest BCUT2D eigenvalue weighted by Gasteiger charge is 2.05. The highest BCUT2D eigenvalue weighted by Crippen LogP contribution is 2.24. The first kappa shape index (κ1) is 15.6. The molecule has 0 amide bonds. The van der Waals surface area contributed by atoms with Gasteiger partial charge in [-0.1, -0.05) is 30.3 Å². The Morgan fingerprint density at radius 3 is 2.46 bits per heavy atom. The molecule has 0 aliphatic rings. The maximum absolute atomic E-state index is 13.0. The van der Waals surface area contributed by atoms with Gasteiger partial charge in [0, 0.05) is 17.3 Å². The molecule has 3 rings (SSSR count). The van der Waals surface area contributed by atoms with Crippen LogP contribution >= 0.6 is 0 Å². The zero-order valence-corrected chi connectivity index (χ0v) is 12.7. The van der Waals surface area contributed by atoms with Crippen LogP contribution in [-0.4, -0.2) is 10.8 Å². The lowest BCUT2D eigenvalue weighted by Gasteiger charge is -2.07. The Balaban J connectivity index is 1.80. The van der Waals surface area contributed by atoms with E-state index < -0.39 is 0 Å². The molecule has 0 fully saturated rings. The first-order valence-corrected chi connectivity index (χ1v) is 7.38. The molecule has 0 spiro atoms. The van der Waals surface area contributed by atoms with E-state index >= 15 is 0 Å². The van der Waals surface area contributed by atoms with Crippen LogP contribution in [0.1, 0.15) is 15.9 Å². The van der Waals surface area contributed by atoms with Crippen molar-refractivity contribution in [3.63, 3.8) is 0 Å². The number of aromatic nitrogens is 1. The van der Waals surface area contributed by atoms with Crippen molar-refractivity contribution in [2.45, 2.75) is 0 Å². The number of ketones is 1. The van der Waals surface area contributed by atoms with E-state index in [1.807, 2.05) is 18.2 Å². The van der Waals surface area contributed by atoms with Crippen LogP contribution in [-0.2, 0) is 0 Å². The number of ether oxygens (including phenoxy) is 1. The first-order valence-electron chi connectivity index (χ1n) is 7.38. The van der Waals surface area contributed by atoms with E-state index in [0.717, 1.165) is 0 Å². The molecule has 0 saturated heterocycles. The Hall–Kier alpha value is -3.27. The number of benzene rings is 2. The van der Waals surface area contributed by atoms with Gasteiger partial charge >= 0.3 is 0 Å². The van der Waals surface area contributed by atoms with Crippen molar-refractivity contribution in [1.29, 1.82) is 0 Å². The van der Waals surface area contributed by atoms with Crippen molar-refractivity contribution >= 4 is 11.9 Å². The van der Waals surface area contributed by atoms with Crippen LogP contribution in [0, 0.1) is 5.82 Å². The molecule has 2 aromatic carbocycles. The smallest absolute Gasteiger partial charge is 0.226 e. The van der Waals surface area contributed by atoms with Crippen molar-refractivity contribution in [2.75, 3.05) is 0 Å². The van der Waals surface area contributed by atoms with E-state index in [1.54, 1.807) is 36.5 Å². The van der Waals surface area contributed by atoms with Gasteiger partial charge in [0.05, 0.1) is 0 Å². The fourth-order valence-electron chi connectivity index (χ4n) is 2.09. The summed E-state index contributed by atoms with van der Waals surface area (Å²) in [5, 5.41) is 0. The lowest BCUT2D eigenvalue weighted by atomic mass is 10.1. The summed E-state index contributed by atoms with van der Waals surface area (Å²) in [5.41, 5.74) is 1.27. The van der Waals surface area contributed by atoms with E-state index in [4.69, 9.17) is 4.74 Å². The molecule has 1 aromatic heterocycles. The molecule has 0 aliphatic heterocycles. The van der Waals surface area contributed by atoms with Crippen LogP contribution < -0.4 is 4.74 Å². The summed E-state index contributed by atoms with van der Waals surface area (Å²) in [4.78, 5) is 16.3. The number of nitrogens with zero attached hydrogens (tertiary/aromatic N) is 1. The quantitative estimate of drug-likeness (QED) is 0.495. The number of carbonyl (C=O) groups excluding carboxylic acids is 1. The van der Waals surface area contributed by atoms with Gasteiger partial charge in [0.2, 0.25) is 5.88 Å². The van der Waals surface area contributed by atoms with Gasteiger partial charge in [-0.05, 0) is 48.6 Å². The number of rotatable bonds is 5. The fraction of sp³-hybridized carbons (Fsp3) is 0. The molecule has 118 valence electrons. The van der Waals surface area contributed by atoms with Crippen molar-refractivity contribution in [3.05, 3.63) is 95.9 Å². The Morgan fingerprint density at radius 2 is 1.71 bits per heavy atom. The average Bonchev–Trinajstić information content (AvgIpc) is 2.63. The molecule has 0 unspecified atom stereocenters. The molecule has 0 aliphatic carbocycles. The van der Waals surface area contributed by atoms with E-state index in [9.17, 15) is 9.18 Å². The topological polar surface area (TPSA) is 39.2 Å². The van der Waals surface area contributed by atoms with Crippen molar-refractivity contribution < 1.29 is 13.9 Å². The Kier molecular flexibility index (Phi) is 4.77. The third-order valence-corrected chi connectivity index (χ3v) is 3.30. The Morgan fingerprint density at radius 1 is 0.958 bits per heavy atom. The van der Waals surface area contributed by atoms with E-state index in [0.29, 0.717) is 22.8 Å². The summed E-state index contributed by atoms with van der Waals surface area (Å²) in [5.74, 6) is 0.379. The third kappa shape index (κ3) is 3.93. The summed E-state index contributed by atoms with van der Waals surface area (Å²) in [6, 6.07) is 18.2. The molecule has 0 bridgehead atoms. The Labute approximate surface area is 139 Å². The molecule has 3 nitrogen and oxygen atoms in total. The first-order chi connectivity index (χ1) is 11.7. The summed E-state index contributed by atoms with van der Waals surface area (Å²) < 4.78 is 18.6. The van der Waals surface area contributed by atoms with Gasteiger partial charge in [0.25, 0.3) is 0 Å². The maximum Gasteiger partial charge on any atom is 0.226 e. The zero-order valence-electron chi connectivity index (χ0n) is 12.7. The van der Waals surface area contributed by atoms with Gasteiger partial charge in [-0.15, -0.1) is 0 Å². The molecular weight excluding hydrogens is 305 g/mol. The lowest BCUT2D eigenvalue weighted by molar-refractivity contribution is 0.104. The van der Waals surface area contributed by atoms with Crippen LogP contribution in [0.5, 0.6) is 11.6 Å². The summed E-state index contributed by atoms with van der Waals surface area (Å²) >= 11 is 0. The Bertz CT molecular complexity index is 858. The molecule has 4 heteroatoms. The lowest BCUT2D eigenvalue weighted by Crippen LogP contribution is -1.94. The van der Waals surface area contributed by atoms with Gasteiger partial charge in [-0.25, -0.2) is 9.37 Å². The number of hydrogen-bond donors (Lipinski definition) is 0. The summed E-state index contributed by atoms with van der Waals surface area (Å²) in [6.07, 6.45) is 4.72. The second-order valence-corrected chi connectivity index (χ2v) is 5.02. The SMILES string of the molecule is O=C(C=Cc1cccnc1Oc1ccc(F)cc1)c1ccccc1. The van der Waals surface area contributed by atoms with Crippen LogP contribution in [0.15, 0.2) is 79.0 Å². The highest BCUT2D eigenvalue weighted by molar-refractivity contribution is 6.06. The van der Waals surface area contributed by atoms with Crippen LogP contribution in [0.25, 0.3) is 6.08 Å². The number of pyridine rings is 1. The second-order valence-electron chi connectivity index (χ2n) is 5.02. The third-order valence-electron chi connectivity index (χ3n) is 3.30. The summed E-state index contributed by atoms with van der Waals surface area (Å²) in [7, 11) is 0. The average molecular weight is 319 g/mol. The molecule has 3 aromatic rings. The monoisotopic (exact) mass is 319 g/mol. The van der Waals surface area contributed by atoms with Gasteiger partial charge < -0.3 is 4.74 Å². The number of carbonyl (C=O) groups is 1. The second kappa shape index (κ2) is 7.33. The normalized spacial score (nSPS) is 10.7. The van der Waals surface area contributed by atoms with E-state index in [2.05, 4.69) is 4.98 Å². The minimum atomic E-state index is -0.336. The molecule has 0 atom stereocenters. The fourth-order valence-corrected chi connectivity index (χ4v) is 2.09. The van der Waals surface area contributed by atoms with Crippen LogP contribution in [0.2, 0.25) is 0 Å². The predicted molar refractivity (Wildman–Crippen MR) is 90.5 cm³/mol. The maximum atomic E-state index is 13.0. The van der Waals surface area contributed by atoms with Crippen LogP contribution in [0.3, 0.4) is 0 Å². The van der Waals surface area contributed by atoms with Gasteiger partial charge in [-0.3, -0.25) is 4.79 Å². The van der Waals surface area contributed by atoms with Crippen molar-refractivity contribution in [2.24, 2.45) is 0 Å². The van der Waals surface area contributed by atoms with Crippen molar-refractivity contribution in [1.82, 2.24) is 4.98 Å². The van der Waals surface area contributed by atoms with Gasteiger partial charge in [-0.2, -0.15) is 0 Å². The predicted octanol–water partition coefficient (Wildman–Crippen LogP) is 4.91. The standard InChI is InChI=1S/C20H14FNO2/c21-17-9-11-18(12-10-17)24-20-16(7-4-14-22-20)8-13-19(23)15-5-2-1-3-6-15/h1-14H. The molecule has 1 heterocycles. The number of allylic oxidation sites excluding steroid dienone is 1. The molecule has 0 N–H and O–H groups in total. The van der Waals surface area contributed by atoms with Crippen molar-refractivity contribution in [3.8, 4) is 11.6 Å². The van der Waals surface area contributed by atoms with E-state index in [-0.39, 0.29) is 11.6 Å².